The smallest absolute Gasteiger partial charge is 0.354 e. The number of allylic oxidation sites excluding steroid dienone is 2. The molecule has 0 aliphatic heterocycles. The molecule has 17 nitrogen and oxygen atoms in total. The normalized spacial score (nSPS) is 18.6. The number of carbonyl (C=O) groups is 3. The van der Waals surface area contributed by atoms with Gasteiger partial charge < -0.3 is 25.6 Å². The fourth-order valence-electron chi connectivity index (χ4n) is 9.14. The Bertz CT molecular complexity index is 3020. The first-order chi connectivity index (χ1) is 29.5. The number of aromatic nitrogens is 2. The third-order valence-electron chi connectivity index (χ3n) is 11.9. The van der Waals surface area contributed by atoms with Crippen LogP contribution >= 0.6 is 22.7 Å². The van der Waals surface area contributed by atoms with E-state index in [1.807, 2.05) is 13.0 Å². The molecule has 4 aliphatic carbocycles. The van der Waals surface area contributed by atoms with E-state index in [4.69, 9.17) is 15.0 Å². The summed E-state index contributed by atoms with van der Waals surface area (Å²) < 4.78 is 40.4. The number of hydrogen-bond acceptors (Lipinski definition) is 13. The minimum Gasteiger partial charge on any atom is -0.385 e. The molecule has 332 valence electrons. The largest absolute Gasteiger partial charge is 0.385 e. The van der Waals surface area contributed by atoms with E-state index in [0.29, 0.717) is 71.5 Å². The van der Waals surface area contributed by atoms with E-state index >= 15 is 0 Å². The molecule has 0 spiro atoms. The molecule has 0 radical (unpaired) electrons. The summed E-state index contributed by atoms with van der Waals surface area (Å²) in [5, 5.41) is 49.9. The number of methoxy groups -OCH3 is 1. The average Bonchev–Trinajstić information content (AvgIpc) is 4.03. The number of urea groups is 2. The monoisotopic (exact) mass is 933 g/mol. The first kappa shape index (κ1) is 44.8. The number of nitrogens with zero attached hydrogens (tertiary/aromatic N) is 5. The number of aliphatic hydroxyl groups is 2. The Morgan fingerprint density at radius 2 is 1.62 bits per heavy atom. The van der Waals surface area contributed by atoms with Crippen molar-refractivity contribution in [2.24, 2.45) is 24.9 Å². The van der Waals surface area contributed by atoms with Gasteiger partial charge in [0.05, 0.1) is 40.1 Å². The lowest BCUT2D eigenvalue weighted by Gasteiger charge is -2.17. The number of amides is 4. The van der Waals surface area contributed by atoms with Crippen molar-refractivity contribution in [3.8, 4) is 6.07 Å². The fraction of sp³-hybridized carbons (Fsp3) is 0.429. The number of thiazole rings is 2. The molecule has 3 atom stereocenters. The predicted molar refractivity (Wildman–Crippen MR) is 239 cm³/mol. The number of ether oxygens (including phenoxy) is 1. The third kappa shape index (κ3) is 8.17. The summed E-state index contributed by atoms with van der Waals surface area (Å²) in [5.74, 6) is -0.202. The summed E-state index contributed by atoms with van der Waals surface area (Å²) in [6.07, 6.45) is 5.39. The van der Waals surface area contributed by atoms with Crippen molar-refractivity contribution in [1.29, 1.82) is 5.26 Å². The standard InChI is InChI=1S/C42H47N9O8S4/c1-19-25(14-21-15-27-24(10-11-31(27)52)35(33(19)21)49-39(54)51-63(45,58)40-46-17-32(60-40)41(2,3)55)20-12-26-28(13-20)34(23-9-7-8-22(23)29(26)16-43)48-38(53)50-62(44,57)36-30(18-59-6)47-37(61-36)42(4,5)56/h15,17,20,55-56H,7-14,18H2,1-6H3,(H3,44,48,50,53,57)(H3,45,49,51,54,58). The van der Waals surface area contributed by atoms with Crippen LogP contribution in [-0.4, -0.2) is 53.6 Å². The second kappa shape index (κ2) is 16.0. The van der Waals surface area contributed by atoms with Crippen LogP contribution in [0, 0.1) is 17.2 Å². The van der Waals surface area contributed by atoms with Crippen LogP contribution in [0.1, 0.15) is 118 Å². The number of ketones is 1. The van der Waals surface area contributed by atoms with Crippen LogP contribution in [0.4, 0.5) is 21.0 Å². The first-order valence-corrected chi connectivity index (χ1v) is 24.9. The van der Waals surface area contributed by atoms with Crippen LogP contribution in [0.5, 0.6) is 0 Å². The van der Waals surface area contributed by atoms with Gasteiger partial charge in [0.15, 0.2) is 25.6 Å². The summed E-state index contributed by atoms with van der Waals surface area (Å²) in [7, 11) is -6.23. The maximum Gasteiger partial charge on any atom is 0.354 e. The van der Waals surface area contributed by atoms with E-state index in [1.54, 1.807) is 13.8 Å². The lowest BCUT2D eigenvalue weighted by molar-refractivity contribution is 0.0775. The third-order valence-corrected chi connectivity index (χ3v) is 18.4. The zero-order valence-corrected chi connectivity index (χ0v) is 38.7. The molecule has 4 aromatic rings. The van der Waals surface area contributed by atoms with Gasteiger partial charge in [-0.15, -0.1) is 31.4 Å². The van der Waals surface area contributed by atoms with Crippen molar-refractivity contribution < 1.29 is 37.8 Å². The van der Waals surface area contributed by atoms with Gasteiger partial charge in [-0.3, -0.25) is 4.79 Å². The molecule has 3 unspecified atom stereocenters. The van der Waals surface area contributed by atoms with E-state index < -0.39 is 43.1 Å². The van der Waals surface area contributed by atoms with Crippen LogP contribution < -0.4 is 20.9 Å². The summed E-state index contributed by atoms with van der Waals surface area (Å²) in [6, 6.07) is 2.41. The molecule has 21 heteroatoms. The minimum absolute atomic E-state index is 0.0176. The molecule has 2 aromatic carbocycles. The Morgan fingerprint density at radius 1 is 0.952 bits per heavy atom. The van der Waals surface area contributed by atoms with Gasteiger partial charge in [0.2, 0.25) is 4.34 Å². The topological polar surface area (TPSA) is 285 Å². The summed E-state index contributed by atoms with van der Waals surface area (Å²) in [6.45, 7) is 8.02. The minimum atomic E-state index is -3.85. The second-order valence-corrected chi connectivity index (χ2v) is 23.3. The van der Waals surface area contributed by atoms with Gasteiger partial charge in [0, 0.05) is 36.5 Å². The highest BCUT2D eigenvalue weighted by atomic mass is 32.2. The van der Waals surface area contributed by atoms with Crippen molar-refractivity contribution in [1.82, 2.24) is 9.97 Å². The van der Waals surface area contributed by atoms with E-state index in [2.05, 4.69) is 35.4 Å². The quantitative estimate of drug-likeness (QED) is 0.108. The molecule has 63 heavy (non-hydrogen) atoms. The number of hydrogen-bond donors (Lipinski definition) is 6. The van der Waals surface area contributed by atoms with Crippen LogP contribution in [0.2, 0.25) is 0 Å². The molecule has 4 amide bonds. The Kier molecular flexibility index (Phi) is 11.4. The summed E-state index contributed by atoms with van der Waals surface area (Å²) in [4.78, 5) is 49.4. The second-order valence-electron chi connectivity index (χ2n) is 17.3. The summed E-state index contributed by atoms with van der Waals surface area (Å²) in [5.41, 5.74) is 6.94. The predicted octanol–water partition coefficient (Wildman–Crippen LogP) is 6.30. The molecule has 0 fully saturated rings. The number of fused-ring (bicyclic) bond motifs is 4. The van der Waals surface area contributed by atoms with Crippen LogP contribution in [0.25, 0.3) is 5.57 Å². The van der Waals surface area contributed by atoms with E-state index in [-0.39, 0.29) is 44.0 Å². The van der Waals surface area contributed by atoms with E-state index in [0.717, 1.165) is 73.6 Å². The van der Waals surface area contributed by atoms with Crippen LogP contribution in [0.3, 0.4) is 0 Å². The SMILES string of the molecule is COCc1nc(C(C)(C)O)sc1S(N)(=O)=NC(=O)Nc1c2c(c(C#N)c3c1CC(C1=C(C)c4c(cc5c(c4NC(=O)N=S(N)(=O)c4ncc(C(C)(C)O)s4)CCC5=O)C1)C3)CCC2. The van der Waals surface area contributed by atoms with Crippen LogP contribution in [0.15, 0.2) is 35.1 Å². The number of nitrogens with two attached hydrogens (primary N) is 2. The van der Waals surface area contributed by atoms with Crippen molar-refractivity contribution >= 4 is 77.3 Å². The molecule has 8 rings (SSSR count). The van der Waals surface area contributed by atoms with Crippen molar-refractivity contribution in [2.45, 2.75) is 112 Å². The first-order valence-electron chi connectivity index (χ1n) is 20.2. The number of anilines is 2. The van der Waals surface area contributed by atoms with Gasteiger partial charge in [-0.25, -0.2) is 38.3 Å². The van der Waals surface area contributed by atoms with Gasteiger partial charge in [-0.2, -0.15) is 5.26 Å². The Morgan fingerprint density at radius 3 is 2.27 bits per heavy atom. The highest BCUT2D eigenvalue weighted by Crippen LogP contribution is 2.50. The van der Waals surface area contributed by atoms with Gasteiger partial charge in [0.1, 0.15) is 14.8 Å². The van der Waals surface area contributed by atoms with Crippen molar-refractivity contribution in [3.05, 3.63) is 83.5 Å². The number of carbonyl (C=O) groups excluding carboxylic acids is 3. The van der Waals surface area contributed by atoms with Gasteiger partial charge in [-0.1, -0.05) is 5.57 Å². The van der Waals surface area contributed by atoms with Crippen molar-refractivity contribution in [2.75, 3.05) is 17.7 Å². The van der Waals surface area contributed by atoms with Crippen LogP contribution in [-0.2, 0) is 80.9 Å². The molecule has 4 aliphatic rings. The molecule has 0 saturated carbocycles. The van der Waals surface area contributed by atoms with E-state index in [9.17, 15) is 38.3 Å². The lowest BCUT2D eigenvalue weighted by Crippen LogP contribution is -2.19. The number of nitriles is 1. The zero-order valence-electron chi connectivity index (χ0n) is 35.5. The molecule has 0 bridgehead atoms. The number of nitrogens with one attached hydrogen (secondary N) is 2. The Balaban J connectivity index is 1.14. The zero-order chi connectivity index (χ0) is 45.6. The van der Waals surface area contributed by atoms with Gasteiger partial charge >= 0.3 is 12.1 Å². The highest BCUT2D eigenvalue weighted by molar-refractivity contribution is 7.94. The van der Waals surface area contributed by atoms with Crippen molar-refractivity contribution in [3.63, 3.8) is 0 Å². The summed E-state index contributed by atoms with van der Waals surface area (Å²) >= 11 is 1.79. The van der Waals surface area contributed by atoms with E-state index in [1.165, 1.54) is 27.2 Å². The molecular formula is C42H47N9O8S4. The number of Topliss-reactive ketones (excluding diaryl/α,β-unsaturated/α-hetero) is 1. The molecule has 0 saturated heterocycles. The Hall–Kier alpha value is -4.76. The maximum atomic E-state index is 14.0. The Labute approximate surface area is 373 Å². The maximum absolute atomic E-state index is 14.0. The average molecular weight is 934 g/mol. The molecule has 8 N–H and O–H groups in total. The fourth-order valence-corrected chi connectivity index (χ4v) is 13.7. The molecular weight excluding hydrogens is 887 g/mol. The van der Waals surface area contributed by atoms with Gasteiger partial charge in [0.25, 0.3) is 0 Å². The number of rotatable bonds is 9. The highest BCUT2D eigenvalue weighted by Gasteiger charge is 2.39. The number of benzene rings is 2. The molecule has 2 heterocycles. The lowest BCUT2D eigenvalue weighted by atomic mass is 9.91. The molecule has 2 aromatic heterocycles. The van der Waals surface area contributed by atoms with Gasteiger partial charge in [-0.05, 0) is 131 Å².